The molecule has 0 spiro atoms. The number of aliphatic hydroxyl groups is 1. The highest BCUT2D eigenvalue weighted by Crippen LogP contribution is 2.31. The number of hydrogen-bond acceptors (Lipinski definition) is 5. The molecule has 2 aromatic heterocycles. The van der Waals surface area contributed by atoms with Crippen LogP contribution >= 0.6 is 11.3 Å². The van der Waals surface area contributed by atoms with Crippen LogP contribution in [0.3, 0.4) is 0 Å². The van der Waals surface area contributed by atoms with Crippen LogP contribution in [0.4, 0.5) is 0 Å². The molecule has 0 saturated carbocycles. The Labute approximate surface area is 148 Å². The third kappa shape index (κ3) is 3.87. The monoisotopic (exact) mass is 348 g/mol. The first kappa shape index (κ1) is 17.6. The summed E-state index contributed by atoms with van der Waals surface area (Å²) < 4.78 is 1.92. The second-order valence-corrected chi connectivity index (χ2v) is 8.96. The lowest BCUT2D eigenvalue weighted by molar-refractivity contribution is 0.0404. The van der Waals surface area contributed by atoms with Crippen molar-refractivity contribution in [3.05, 3.63) is 34.3 Å². The summed E-state index contributed by atoms with van der Waals surface area (Å²) in [5.74, 6) is 1.01. The molecule has 1 aliphatic rings. The van der Waals surface area contributed by atoms with Gasteiger partial charge in [0.2, 0.25) is 0 Å². The Bertz CT molecular complexity index is 673. The number of aliphatic hydroxyl groups excluding tert-OH is 1. The minimum Gasteiger partial charge on any atom is -0.385 e. The van der Waals surface area contributed by atoms with Gasteiger partial charge in [0.1, 0.15) is 16.9 Å². The third-order valence-corrected chi connectivity index (χ3v) is 6.17. The minimum atomic E-state index is -0.491. The summed E-state index contributed by atoms with van der Waals surface area (Å²) in [5, 5.41) is 11.9. The van der Waals surface area contributed by atoms with Gasteiger partial charge >= 0.3 is 0 Å². The molecule has 0 radical (unpaired) electrons. The van der Waals surface area contributed by atoms with Crippen molar-refractivity contribution in [2.24, 2.45) is 13.0 Å². The Balaban J connectivity index is 1.63. The van der Waals surface area contributed by atoms with E-state index in [9.17, 15) is 5.11 Å². The van der Waals surface area contributed by atoms with Crippen LogP contribution in [0.2, 0.25) is 0 Å². The molecule has 0 amide bonds. The van der Waals surface area contributed by atoms with Crippen LogP contribution in [0.15, 0.2) is 18.6 Å². The van der Waals surface area contributed by atoms with E-state index >= 15 is 0 Å². The normalized spacial score (nSPS) is 21.1. The lowest BCUT2D eigenvalue weighted by Crippen LogP contribution is -2.37. The second kappa shape index (κ2) is 6.94. The molecule has 0 unspecified atom stereocenters. The molecule has 0 aliphatic carbocycles. The Hall–Kier alpha value is -1.24. The number of aryl methyl sites for hydroxylation is 1. The van der Waals surface area contributed by atoms with E-state index in [1.807, 2.05) is 35.3 Å². The Morgan fingerprint density at radius 3 is 2.79 bits per heavy atom. The van der Waals surface area contributed by atoms with Gasteiger partial charge in [-0.2, -0.15) is 0 Å². The highest BCUT2D eigenvalue weighted by Gasteiger charge is 2.29. The molecule has 3 heterocycles. The lowest BCUT2D eigenvalue weighted by atomic mass is 9.92. The van der Waals surface area contributed by atoms with Gasteiger partial charge in [-0.15, -0.1) is 11.3 Å². The predicted octanol–water partition coefficient (Wildman–Crippen LogP) is 3.12. The zero-order valence-electron chi connectivity index (χ0n) is 15.1. The van der Waals surface area contributed by atoms with Crippen LogP contribution in [-0.2, 0) is 19.0 Å². The average Bonchev–Trinajstić information content (AvgIpc) is 3.15. The number of imidazole rings is 1. The van der Waals surface area contributed by atoms with Crippen LogP contribution in [0.1, 0.15) is 55.4 Å². The van der Waals surface area contributed by atoms with E-state index < -0.39 is 6.10 Å². The Kier molecular flexibility index (Phi) is 5.08. The van der Waals surface area contributed by atoms with Crippen molar-refractivity contribution < 1.29 is 5.11 Å². The molecular weight excluding hydrogens is 320 g/mol. The van der Waals surface area contributed by atoms with E-state index in [4.69, 9.17) is 0 Å². The fourth-order valence-corrected chi connectivity index (χ4v) is 4.30. The standard InChI is InChI=1S/C18H28N4OS/c1-18(2,3)14-10-20-15(24-14)12-22-8-5-6-13(11-22)16(23)17-19-7-9-21(17)4/h7,9-10,13,16,23H,5-6,8,11-12H2,1-4H3/t13-,16+/m0/s1. The average molecular weight is 349 g/mol. The second-order valence-electron chi connectivity index (χ2n) is 7.85. The van der Waals surface area contributed by atoms with Crippen molar-refractivity contribution in [3.63, 3.8) is 0 Å². The molecule has 0 bridgehead atoms. The highest BCUT2D eigenvalue weighted by molar-refractivity contribution is 7.11. The van der Waals surface area contributed by atoms with Gasteiger partial charge in [-0.1, -0.05) is 20.8 Å². The van der Waals surface area contributed by atoms with Crippen molar-refractivity contribution in [1.29, 1.82) is 0 Å². The highest BCUT2D eigenvalue weighted by atomic mass is 32.1. The van der Waals surface area contributed by atoms with Crippen LogP contribution in [0.25, 0.3) is 0 Å². The van der Waals surface area contributed by atoms with Crippen LogP contribution in [-0.4, -0.2) is 37.6 Å². The largest absolute Gasteiger partial charge is 0.385 e. The minimum absolute atomic E-state index is 0.161. The molecule has 0 aromatic carbocycles. The smallest absolute Gasteiger partial charge is 0.137 e. The molecule has 24 heavy (non-hydrogen) atoms. The maximum absolute atomic E-state index is 10.7. The maximum Gasteiger partial charge on any atom is 0.137 e. The van der Waals surface area contributed by atoms with Crippen LogP contribution < -0.4 is 0 Å². The fourth-order valence-electron chi connectivity index (χ4n) is 3.29. The van der Waals surface area contributed by atoms with Crippen molar-refractivity contribution in [2.45, 2.75) is 51.7 Å². The third-order valence-electron chi connectivity index (χ3n) is 4.76. The molecule has 6 heteroatoms. The molecule has 132 valence electrons. The first-order valence-corrected chi connectivity index (χ1v) is 9.49. The number of aromatic nitrogens is 3. The number of rotatable bonds is 4. The van der Waals surface area contributed by atoms with Gasteiger partial charge in [-0.3, -0.25) is 4.90 Å². The van der Waals surface area contributed by atoms with Gasteiger partial charge in [0.15, 0.2) is 0 Å². The molecule has 1 aliphatic heterocycles. The number of likely N-dealkylation sites (tertiary alicyclic amines) is 1. The van der Waals surface area contributed by atoms with Crippen LogP contribution in [0, 0.1) is 5.92 Å². The van der Waals surface area contributed by atoms with E-state index in [0.29, 0.717) is 0 Å². The summed E-state index contributed by atoms with van der Waals surface area (Å²) in [6.07, 6.45) is 7.34. The van der Waals surface area contributed by atoms with Gasteiger partial charge in [0.25, 0.3) is 0 Å². The maximum atomic E-state index is 10.7. The molecule has 1 saturated heterocycles. The summed E-state index contributed by atoms with van der Waals surface area (Å²) in [5.41, 5.74) is 0.161. The summed E-state index contributed by atoms with van der Waals surface area (Å²) in [7, 11) is 1.94. The van der Waals surface area contributed by atoms with Gasteiger partial charge < -0.3 is 9.67 Å². The topological polar surface area (TPSA) is 54.2 Å². The van der Waals surface area contributed by atoms with Crippen molar-refractivity contribution in [1.82, 2.24) is 19.4 Å². The van der Waals surface area contributed by atoms with E-state index in [1.54, 1.807) is 6.20 Å². The Morgan fingerprint density at radius 1 is 1.38 bits per heavy atom. The van der Waals surface area contributed by atoms with E-state index in [1.165, 1.54) is 9.88 Å². The number of hydrogen-bond donors (Lipinski definition) is 1. The lowest BCUT2D eigenvalue weighted by Gasteiger charge is -2.34. The van der Waals surface area contributed by atoms with E-state index in [-0.39, 0.29) is 11.3 Å². The number of nitrogens with zero attached hydrogens (tertiary/aromatic N) is 4. The summed E-state index contributed by atoms with van der Waals surface area (Å²) in [4.78, 5) is 12.7. The van der Waals surface area contributed by atoms with Crippen molar-refractivity contribution in [3.8, 4) is 0 Å². The predicted molar refractivity (Wildman–Crippen MR) is 97.0 cm³/mol. The zero-order valence-corrected chi connectivity index (χ0v) is 15.9. The molecule has 2 atom stereocenters. The quantitative estimate of drug-likeness (QED) is 0.922. The molecule has 5 nitrogen and oxygen atoms in total. The van der Waals surface area contributed by atoms with Gasteiger partial charge in [-0.25, -0.2) is 9.97 Å². The first-order valence-electron chi connectivity index (χ1n) is 8.67. The van der Waals surface area contributed by atoms with Crippen molar-refractivity contribution >= 4 is 11.3 Å². The fraction of sp³-hybridized carbons (Fsp3) is 0.667. The molecule has 3 rings (SSSR count). The van der Waals surface area contributed by atoms with Gasteiger partial charge in [0, 0.05) is 43.0 Å². The molecule has 2 aromatic rings. The summed E-state index contributed by atoms with van der Waals surface area (Å²) >= 11 is 1.81. The molecule has 1 N–H and O–H groups in total. The number of thiazole rings is 1. The Morgan fingerprint density at radius 2 is 2.17 bits per heavy atom. The van der Waals surface area contributed by atoms with Crippen LogP contribution in [0.5, 0.6) is 0 Å². The SMILES string of the molecule is Cn1ccnc1[C@H](O)[C@H]1CCCN(Cc2ncc(C(C)(C)C)s2)C1. The first-order chi connectivity index (χ1) is 11.3. The van der Waals surface area contributed by atoms with Gasteiger partial charge in [0.05, 0.1) is 6.54 Å². The summed E-state index contributed by atoms with van der Waals surface area (Å²) in [6.45, 7) is 9.54. The van der Waals surface area contributed by atoms with E-state index in [0.717, 1.165) is 38.3 Å². The summed E-state index contributed by atoms with van der Waals surface area (Å²) in [6, 6.07) is 0. The van der Waals surface area contributed by atoms with Gasteiger partial charge in [-0.05, 0) is 24.8 Å². The zero-order chi connectivity index (χ0) is 17.3. The molecule has 1 fully saturated rings. The van der Waals surface area contributed by atoms with Crippen molar-refractivity contribution in [2.75, 3.05) is 13.1 Å². The van der Waals surface area contributed by atoms with E-state index in [2.05, 4.69) is 35.6 Å². The molecular formula is C18H28N4OS. The number of piperidine rings is 1.